The molecule has 3 atom stereocenters. The van der Waals surface area contributed by atoms with E-state index in [0.717, 1.165) is 5.82 Å². The Balaban J connectivity index is 1.98. The van der Waals surface area contributed by atoms with E-state index >= 15 is 0 Å². The van der Waals surface area contributed by atoms with Crippen LogP contribution in [-0.4, -0.2) is 18.2 Å². The first-order valence-electron chi connectivity index (χ1n) is 8.24. The van der Waals surface area contributed by atoms with Gasteiger partial charge in [-0.1, -0.05) is 30.7 Å². The molecule has 0 radical (unpaired) electrons. The zero-order chi connectivity index (χ0) is 16.3. The van der Waals surface area contributed by atoms with E-state index < -0.39 is 0 Å². The molecule has 3 heterocycles. The number of hydrogen-bond donors (Lipinski definition) is 0. The van der Waals surface area contributed by atoms with Crippen molar-refractivity contribution in [2.24, 2.45) is 5.92 Å². The number of aryl methyl sites for hydroxylation is 2. The molecule has 0 aliphatic carbocycles. The van der Waals surface area contributed by atoms with Gasteiger partial charge in [0.1, 0.15) is 6.17 Å². The van der Waals surface area contributed by atoms with Crippen LogP contribution < -0.4 is 9.80 Å². The van der Waals surface area contributed by atoms with Gasteiger partial charge in [-0.3, -0.25) is 0 Å². The lowest BCUT2D eigenvalue weighted by Gasteiger charge is -2.44. The molecule has 2 aliphatic rings. The maximum Gasteiger partial charge on any atom is 0.158 e. The van der Waals surface area contributed by atoms with Gasteiger partial charge in [-0.05, 0) is 43.0 Å². The average Bonchev–Trinajstić information content (AvgIpc) is 2.81. The zero-order valence-corrected chi connectivity index (χ0v) is 14.2. The largest absolute Gasteiger partial charge is 0.350 e. The average molecular weight is 305 g/mol. The van der Waals surface area contributed by atoms with Crippen LogP contribution in [0.5, 0.6) is 0 Å². The van der Waals surface area contributed by atoms with Gasteiger partial charge in [-0.2, -0.15) is 0 Å². The molecular formula is C20H23N3. The first kappa shape index (κ1) is 14.3. The number of aromatic nitrogens is 1. The molecule has 4 rings (SSSR count). The molecule has 0 bridgehead atoms. The Morgan fingerprint density at radius 2 is 1.91 bits per heavy atom. The van der Waals surface area contributed by atoms with Crippen molar-refractivity contribution in [1.29, 1.82) is 0 Å². The van der Waals surface area contributed by atoms with Crippen molar-refractivity contribution in [2.45, 2.75) is 32.9 Å². The summed E-state index contributed by atoms with van der Waals surface area (Å²) in [5.74, 6) is 1.87. The van der Waals surface area contributed by atoms with E-state index in [1.807, 2.05) is 6.20 Å². The predicted octanol–water partition coefficient (Wildman–Crippen LogP) is 4.53. The maximum absolute atomic E-state index is 4.76. The second kappa shape index (κ2) is 4.85. The lowest BCUT2D eigenvalue weighted by Crippen LogP contribution is -2.48. The van der Waals surface area contributed by atoms with Crippen LogP contribution in [0.15, 0.2) is 43.1 Å². The van der Waals surface area contributed by atoms with E-state index in [2.05, 4.69) is 74.5 Å². The molecule has 0 saturated carbocycles. The number of pyridine rings is 1. The minimum atomic E-state index is 0.252. The van der Waals surface area contributed by atoms with Crippen molar-refractivity contribution in [3.8, 4) is 0 Å². The highest BCUT2D eigenvalue weighted by atomic mass is 15.4. The smallest absolute Gasteiger partial charge is 0.158 e. The van der Waals surface area contributed by atoms with E-state index in [1.165, 1.54) is 28.1 Å². The number of nitrogens with zero attached hydrogens (tertiary/aromatic N) is 3. The summed E-state index contributed by atoms with van der Waals surface area (Å²) in [6.45, 7) is 10.7. The number of anilines is 3. The number of hydrogen-bond acceptors (Lipinski definition) is 3. The molecule has 118 valence electrons. The second-order valence-electron chi connectivity index (χ2n) is 6.91. The minimum Gasteiger partial charge on any atom is -0.350 e. The number of benzene rings is 1. The van der Waals surface area contributed by atoms with E-state index in [-0.39, 0.29) is 6.17 Å². The molecule has 1 aromatic heterocycles. The normalized spacial score (nSPS) is 25.0. The van der Waals surface area contributed by atoms with Crippen LogP contribution in [-0.2, 0) is 0 Å². The lowest BCUT2D eigenvalue weighted by molar-refractivity contribution is 0.419. The van der Waals surface area contributed by atoms with Crippen LogP contribution >= 0.6 is 0 Å². The molecule has 1 aromatic carbocycles. The molecule has 3 unspecified atom stereocenters. The summed E-state index contributed by atoms with van der Waals surface area (Å²) in [7, 11) is 2.17. The lowest BCUT2D eigenvalue weighted by atomic mass is 9.80. The molecule has 0 saturated heterocycles. The van der Waals surface area contributed by atoms with Gasteiger partial charge in [0.25, 0.3) is 0 Å². The zero-order valence-electron chi connectivity index (χ0n) is 14.2. The molecule has 0 N–H and O–H groups in total. The van der Waals surface area contributed by atoms with Crippen LogP contribution in [0.4, 0.5) is 17.2 Å². The Bertz CT molecular complexity index is 795. The molecule has 3 heteroatoms. The highest BCUT2D eigenvalue weighted by molar-refractivity contribution is 5.83. The van der Waals surface area contributed by atoms with Crippen LogP contribution in [0, 0.1) is 19.8 Å². The summed E-state index contributed by atoms with van der Waals surface area (Å²) >= 11 is 0. The summed E-state index contributed by atoms with van der Waals surface area (Å²) in [5.41, 5.74) is 6.40. The molecule has 2 aromatic rings. The van der Waals surface area contributed by atoms with Crippen molar-refractivity contribution in [2.75, 3.05) is 16.8 Å². The monoisotopic (exact) mass is 305 g/mol. The van der Waals surface area contributed by atoms with Crippen molar-refractivity contribution in [3.63, 3.8) is 0 Å². The van der Waals surface area contributed by atoms with Gasteiger partial charge in [-0.15, -0.1) is 6.58 Å². The van der Waals surface area contributed by atoms with Gasteiger partial charge in [0.05, 0.1) is 5.69 Å². The predicted molar refractivity (Wildman–Crippen MR) is 96.6 cm³/mol. The third kappa shape index (κ3) is 1.86. The van der Waals surface area contributed by atoms with Crippen LogP contribution in [0.25, 0.3) is 0 Å². The quantitative estimate of drug-likeness (QED) is 0.722. The molecule has 3 nitrogen and oxygen atoms in total. The number of rotatable bonds is 1. The Morgan fingerprint density at radius 3 is 2.65 bits per heavy atom. The van der Waals surface area contributed by atoms with Crippen LogP contribution in [0.1, 0.15) is 29.5 Å². The minimum absolute atomic E-state index is 0.252. The van der Waals surface area contributed by atoms with Gasteiger partial charge >= 0.3 is 0 Å². The van der Waals surface area contributed by atoms with Crippen molar-refractivity contribution >= 4 is 17.2 Å². The highest BCUT2D eigenvalue weighted by Crippen LogP contribution is 2.52. The van der Waals surface area contributed by atoms with Crippen LogP contribution in [0.3, 0.4) is 0 Å². The molecule has 23 heavy (non-hydrogen) atoms. The van der Waals surface area contributed by atoms with Gasteiger partial charge in [0.2, 0.25) is 0 Å². The van der Waals surface area contributed by atoms with Crippen molar-refractivity contribution in [1.82, 2.24) is 4.98 Å². The SMILES string of the molecule is C=CC1C(C)c2cc(C)ccc2N2c3ncc(C)cc3N(C)C12. The first-order chi connectivity index (χ1) is 11.0. The Morgan fingerprint density at radius 1 is 1.13 bits per heavy atom. The standard InChI is InChI=1S/C20H23N3/c1-6-15-14(4)16-9-12(2)7-8-17(16)23-19-18(22(5)20(15)23)10-13(3)11-21-19/h6-11,14-15,20H,1H2,2-5H3. The molecule has 2 aliphatic heterocycles. The van der Waals surface area contributed by atoms with Gasteiger partial charge < -0.3 is 9.80 Å². The fourth-order valence-corrected chi connectivity index (χ4v) is 4.17. The van der Waals surface area contributed by atoms with Gasteiger partial charge in [0, 0.05) is 24.8 Å². The highest BCUT2D eigenvalue weighted by Gasteiger charge is 2.46. The van der Waals surface area contributed by atoms with Gasteiger partial charge in [0.15, 0.2) is 5.82 Å². The summed E-state index contributed by atoms with van der Waals surface area (Å²) < 4.78 is 0. The van der Waals surface area contributed by atoms with E-state index in [9.17, 15) is 0 Å². The van der Waals surface area contributed by atoms with Crippen LogP contribution in [0.2, 0.25) is 0 Å². The topological polar surface area (TPSA) is 19.4 Å². The van der Waals surface area contributed by atoms with E-state index in [1.54, 1.807) is 0 Å². The molecule has 0 amide bonds. The molecular weight excluding hydrogens is 282 g/mol. The molecule has 0 fully saturated rings. The Kier molecular flexibility index (Phi) is 3.02. The summed E-state index contributed by atoms with van der Waals surface area (Å²) in [6.07, 6.45) is 4.33. The first-order valence-corrected chi connectivity index (χ1v) is 8.24. The third-order valence-electron chi connectivity index (χ3n) is 5.38. The second-order valence-corrected chi connectivity index (χ2v) is 6.91. The fraction of sp³-hybridized carbons (Fsp3) is 0.350. The van der Waals surface area contributed by atoms with E-state index in [4.69, 9.17) is 4.98 Å². The summed E-state index contributed by atoms with van der Waals surface area (Å²) in [5, 5.41) is 0. The summed E-state index contributed by atoms with van der Waals surface area (Å²) in [4.78, 5) is 9.52. The van der Waals surface area contributed by atoms with E-state index in [0.29, 0.717) is 11.8 Å². The maximum atomic E-state index is 4.76. The van der Waals surface area contributed by atoms with Crippen molar-refractivity contribution in [3.05, 3.63) is 59.8 Å². The molecule has 0 spiro atoms. The summed E-state index contributed by atoms with van der Waals surface area (Å²) in [6, 6.07) is 9.00. The Labute approximate surface area is 138 Å². The number of fused-ring (bicyclic) bond motifs is 5. The Hall–Kier alpha value is -2.29. The fourth-order valence-electron chi connectivity index (χ4n) is 4.17. The third-order valence-corrected chi connectivity index (χ3v) is 5.38. The van der Waals surface area contributed by atoms with Gasteiger partial charge in [-0.25, -0.2) is 4.98 Å². The van der Waals surface area contributed by atoms with Crippen molar-refractivity contribution < 1.29 is 0 Å².